The zero-order valence-electron chi connectivity index (χ0n) is 15.8. The summed E-state index contributed by atoms with van der Waals surface area (Å²) in [4.78, 5) is 0. The highest BCUT2D eigenvalue weighted by Crippen LogP contribution is 2.42. The summed E-state index contributed by atoms with van der Waals surface area (Å²) in [5, 5.41) is 9.57. The molecule has 0 saturated carbocycles. The van der Waals surface area contributed by atoms with Gasteiger partial charge < -0.3 is 9.84 Å². The van der Waals surface area contributed by atoms with E-state index in [1.54, 1.807) is 6.92 Å². The molecule has 0 spiro atoms. The lowest BCUT2D eigenvalue weighted by Gasteiger charge is -2.45. The van der Waals surface area contributed by atoms with Crippen LogP contribution in [0.4, 0.5) is 0 Å². The Morgan fingerprint density at radius 1 is 1.30 bits per heavy atom. The summed E-state index contributed by atoms with van der Waals surface area (Å²) in [7, 11) is 0. The number of allylic oxidation sites excluding steroid dienone is 2. The van der Waals surface area contributed by atoms with Gasteiger partial charge in [0.15, 0.2) is 0 Å². The molecule has 0 aromatic rings. The molecule has 1 aliphatic rings. The summed E-state index contributed by atoms with van der Waals surface area (Å²) in [6.45, 7) is 15.4. The molecule has 0 aromatic carbocycles. The number of aliphatic hydroxyl groups is 1. The van der Waals surface area contributed by atoms with E-state index in [1.807, 2.05) is 0 Å². The molecule has 134 valence electrons. The number of rotatable bonds is 8. The first kappa shape index (κ1) is 20.4. The van der Waals surface area contributed by atoms with Gasteiger partial charge in [0.2, 0.25) is 0 Å². The van der Waals surface area contributed by atoms with E-state index in [-0.39, 0.29) is 11.6 Å². The van der Waals surface area contributed by atoms with E-state index in [0.29, 0.717) is 30.3 Å². The largest absolute Gasteiger partial charge is 0.391 e. The van der Waals surface area contributed by atoms with Gasteiger partial charge in [-0.2, -0.15) is 0 Å². The fraction of sp³-hybridized carbons (Fsp3) is 0.789. The van der Waals surface area contributed by atoms with Crippen LogP contribution in [-0.4, -0.2) is 29.5 Å². The van der Waals surface area contributed by atoms with Crippen molar-refractivity contribution >= 4 is 0 Å². The van der Waals surface area contributed by atoms with Gasteiger partial charge in [0.1, 0.15) is 0 Å². The maximum absolute atomic E-state index is 9.57. The number of hydrogen-bond donors (Lipinski definition) is 3. The Bertz CT molecular complexity index is 427. The molecular formula is C19H36N2O2. The van der Waals surface area contributed by atoms with Crippen molar-refractivity contribution in [2.24, 2.45) is 29.5 Å². The molecule has 0 aliphatic heterocycles. The fourth-order valence-corrected chi connectivity index (χ4v) is 3.65. The molecule has 23 heavy (non-hydrogen) atoms. The second-order valence-electron chi connectivity index (χ2n) is 7.94. The Kier molecular flexibility index (Phi) is 7.46. The van der Waals surface area contributed by atoms with Crippen LogP contribution >= 0.6 is 0 Å². The van der Waals surface area contributed by atoms with Crippen LogP contribution in [0.2, 0.25) is 0 Å². The minimum Gasteiger partial charge on any atom is -0.391 e. The van der Waals surface area contributed by atoms with E-state index in [1.165, 1.54) is 5.57 Å². The SMILES string of the molecule is CC1=CC=CC(OC[C@H](C)O)[C@@H]1C(C(C)C)[C@H](C)C(C)(C)NN. The Balaban J connectivity index is 3.10. The Morgan fingerprint density at radius 2 is 1.91 bits per heavy atom. The van der Waals surface area contributed by atoms with E-state index in [4.69, 9.17) is 10.6 Å². The van der Waals surface area contributed by atoms with Crippen molar-refractivity contribution in [3.05, 3.63) is 23.8 Å². The fourth-order valence-electron chi connectivity index (χ4n) is 3.65. The molecule has 0 aromatic heterocycles. The van der Waals surface area contributed by atoms with E-state index >= 15 is 0 Å². The minimum atomic E-state index is -0.452. The lowest BCUT2D eigenvalue weighted by Crippen LogP contribution is -2.54. The number of aliphatic hydroxyl groups excluding tert-OH is 1. The van der Waals surface area contributed by atoms with Crippen LogP contribution in [-0.2, 0) is 4.74 Å². The molecule has 0 amide bonds. The van der Waals surface area contributed by atoms with E-state index < -0.39 is 6.10 Å². The van der Waals surface area contributed by atoms with E-state index in [9.17, 15) is 5.11 Å². The predicted octanol–water partition coefficient (Wildman–Crippen LogP) is 3.03. The normalized spacial score (nSPS) is 26.1. The lowest BCUT2D eigenvalue weighted by atomic mass is 9.64. The topological polar surface area (TPSA) is 67.5 Å². The van der Waals surface area contributed by atoms with Gasteiger partial charge in [0.25, 0.3) is 0 Å². The van der Waals surface area contributed by atoms with Crippen molar-refractivity contribution < 1.29 is 9.84 Å². The van der Waals surface area contributed by atoms with Gasteiger partial charge >= 0.3 is 0 Å². The highest BCUT2D eigenvalue weighted by Gasteiger charge is 2.41. The number of nitrogens with two attached hydrogens (primary N) is 1. The van der Waals surface area contributed by atoms with Crippen molar-refractivity contribution in [3.8, 4) is 0 Å². The maximum Gasteiger partial charge on any atom is 0.0828 e. The van der Waals surface area contributed by atoms with Gasteiger partial charge in [-0.3, -0.25) is 11.3 Å². The number of hydrazine groups is 1. The van der Waals surface area contributed by atoms with Crippen LogP contribution in [0, 0.1) is 23.7 Å². The third-order valence-electron chi connectivity index (χ3n) is 5.34. The number of nitrogens with one attached hydrogen (secondary N) is 1. The van der Waals surface area contributed by atoms with E-state index in [2.05, 4.69) is 65.2 Å². The lowest BCUT2D eigenvalue weighted by molar-refractivity contribution is -0.0302. The van der Waals surface area contributed by atoms with Crippen molar-refractivity contribution in [3.63, 3.8) is 0 Å². The van der Waals surface area contributed by atoms with Crippen LogP contribution in [0.3, 0.4) is 0 Å². The van der Waals surface area contributed by atoms with Gasteiger partial charge in [-0.15, -0.1) is 0 Å². The summed E-state index contributed by atoms with van der Waals surface area (Å²) in [6.07, 6.45) is 5.90. The quantitative estimate of drug-likeness (QED) is 0.474. The molecular weight excluding hydrogens is 288 g/mol. The third-order valence-corrected chi connectivity index (χ3v) is 5.34. The van der Waals surface area contributed by atoms with Gasteiger partial charge in [0.05, 0.1) is 18.8 Å². The summed E-state index contributed by atoms with van der Waals surface area (Å²) < 4.78 is 6.03. The van der Waals surface area contributed by atoms with Crippen LogP contribution in [0.25, 0.3) is 0 Å². The Morgan fingerprint density at radius 3 is 2.39 bits per heavy atom. The standard InChI is InChI=1S/C19H36N2O2/c1-12(2)17(15(5)19(6,7)21-20)18-13(3)9-8-10-16(18)23-11-14(4)22/h8-10,12,14-18,21-22H,11,20H2,1-7H3/t14-,15-,16?,17?,18+/m0/s1. The number of hydrogen-bond acceptors (Lipinski definition) is 4. The molecule has 1 rings (SSSR count). The zero-order chi connectivity index (χ0) is 17.8. The average molecular weight is 325 g/mol. The highest BCUT2D eigenvalue weighted by molar-refractivity contribution is 5.24. The average Bonchev–Trinajstić information content (AvgIpc) is 2.46. The van der Waals surface area contributed by atoms with Gasteiger partial charge in [-0.1, -0.05) is 44.6 Å². The van der Waals surface area contributed by atoms with Crippen molar-refractivity contribution in [1.29, 1.82) is 0 Å². The first-order valence-corrected chi connectivity index (χ1v) is 8.74. The van der Waals surface area contributed by atoms with Gasteiger partial charge in [-0.05, 0) is 45.4 Å². The summed E-state index contributed by atoms with van der Waals surface area (Å²) in [5.74, 6) is 7.37. The molecule has 1 aliphatic carbocycles. The molecule has 0 bridgehead atoms. The molecule has 4 heteroatoms. The molecule has 0 heterocycles. The van der Waals surface area contributed by atoms with Gasteiger partial charge in [-0.25, -0.2) is 0 Å². The molecule has 5 atom stereocenters. The summed E-state index contributed by atoms with van der Waals surface area (Å²) >= 11 is 0. The predicted molar refractivity (Wildman–Crippen MR) is 96.7 cm³/mol. The molecule has 2 unspecified atom stereocenters. The second-order valence-corrected chi connectivity index (χ2v) is 7.94. The van der Waals surface area contributed by atoms with Crippen LogP contribution < -0.4 is 11.3 Å². The highest BCUT2D eigenvalue weighted by atomic mass is 16.5. The van der Waals surface area contributed by atoms with Crippen LogP contribution in [0.15, 0.2) is 23.8 Å². The summed E-state index contributed by atoms with van der Waals surface area (Å²) in [5.41, 5.74) is 4.15. The maximum atomic E-state index is 9.57. The zero-order valence-corrected chi connectivity index (χ0v) is 15.8. The van der Waals surface area contributed by atoms with Crippen molar-refractivity contribution in [2.45, 2.75) is 66.2 Å². The molecule has 0 saturated heterocycles. The first-order chi connectivity index (χ1) is 10.6. The van der Waals surface area contributed by atoms with Gasteiger partial charge in [0, 0.05) is 11.5 Å². The summed E-state index contributed by atoms with van der Waals surface area (Å²) in [6, 6.07) is 0. The van der Waals surface area contributed by atoms with Crippen molar-refractivity contribution in [1.82, 2.24) is 5.43 Å². The van der Waals surface area contributed by atoms with Crippen LogP contribution in [0.5, 0.6) is 0 Å². The Hall–Kier alpha value is -0.680. The Labute approximate surface area is 142 Å². The van der Waals surface area contributed by atoms with Crippen molar-refractivity contribution in [2.75, 3.05) is 6.61 Å². The number of ether oxygens (including phenoxy) is 1. The monoisotopic (exact) mass is 324 g/mol. The molecule has 0 radical (unpaired) electrons. The first-order valence-electron chi connectivity index (χ1n) is 8.74. The smallest absolute Gasteiger partial charge is 0.0828 e. The van der Waals surface area contributed by atoms with E-state index in [0.717, 1.165) is 0 Å². The third kappa shape index (κ3) is 5.15. The molecule has 4 nitrogen and oxygen atoms in total. The molecule has 0 fully saturated rings. The molecule has 4 N–H and O–H groups in total. The minimum absolute atomic E-state index is 0.00183. The second kappa shape index (κ2) is 8.43. The van der Waals surface area contributed by atoms with Crippen LogP contribution in [0.1, 0.15) is 48.5 Å².